The predicted molar refractivity (Wildman–Crippen MR) is 135 cm³/mol. The lowest BCUT2D eigenvalue weighted by Gasteiger charge is -2.26. The lowest BCUT2D eigenvalue weighted by molar-refractivity contribution is -0.116. The highest BCUT2D eigenvalue weighted by molar-refractivity contribution is 7.17. The van der Waals surface area contributed by atoms with Crippen molar-refractivity contribution in [1.29, 1.82) is 0 Å². The fourth-order valence-corrected chi connectivity index (χ4v) is 5.51. The smallest absolute Gasteiger partial charge is 0.410 e. The molecular weight excluding hydrogens is 464 g/mol. The van der Waals surface area contributed by atoms with E-state index in [4.69, 9.17) is 9.47 Å². The predicted octanol–water partition coefficient (Wildman–Crippen LogP) is 5.21. The number of ether oxygens (including phenoxy) is 2. The first kappa shape index (κ1) is 24.5. The molecule has 182 valence electrons. The van der Waals surface area contributed by atoms with Crippen LogP contribution in [0.1, 0.15) is 51.7 Å². The number of carbonyl (C=O) groups excluding carboxylic acids is 3. The van der Waals surface area contributed by atoms with Crippen molar-refractivity contribution < 1.29 is 23.9 Å². The van der Waals surface area contributed by atoms with Gasteiger partial charge < -0.3 is 19.7 Å². The molecule has 4 rings (SSSR count). The van der Waals surface area contributed by atoms with E-state index in [0.29, 0.717) is 36.7 Å². The Morgan fingerprint density at radius 1 is 0.943 bits per heavy atom. The highest BCUT2D eigenvalue weighted by Gasteiger charge is 2.33. The molecule has 0 radical (unpaired) electrons. The van der Waals surface area contributed by atoms with Crippen LogP contribution in [0.5, 0.6) is 0 Å². The molecule has 2 heterocycles. The van der Waals surface area contributed by atoms with Gasteiger partial charge in [-0.3, -0.25) is 4.79 Å². The Bertz CT molecular complexity index is 1150. The Kier molecular flexibility index (Phi) is 7.82. The summed E-state index contributed by atoms with van der Waals surface area (Å²) in [7, 11) is 0. The van der Waals surface area contributed by atoms with Crippen LogP contribution in [0, 0.1) is 0 Å². The molecule has 0 bridgehead atoms. The summed E-state index contributed by atoms with van der Waals surface area (Å²) in [6.45, 7) is 4.78. The van der Waals surface area contributed by atoms with Crippen molar-refractivity contribution in [2.75, 3.05) is 25.1 Å². The van der Waals surface area contributed by atoms with Crippen molar-refractivity contribution in [2.24, 2.45) is 0 Å². The van der Waals surface area contributed by atoms with Crippen molar-refractivity contribution in [3.05, 3.63) is 87.8 Å². The number of nitrogens with zero attached hydrogens (tertiary/aromatic N) is 1. The number of esters is 1. The summed E-state index contributed by atoms with van der Waals surface area (Å²) >= 11 is 1.31. The molecule has 1 aliphatic rings. The monoisotopic (exact) mass is 492 g/mol. The molecule has 0 spiro atoms. The van der Waals surface area contributed by atoms with Crippen LogP contribution in [-0.2, 0) is 27.2 Å². The zero-order valence-corrected chi connectivity index (χ0v) is 20.6. The van der Waals surface area contributed by atoms with E-state index in [1.54, 1.807) is 18.7 Å². The Labute approximate surface area is 208 Å². The second-order valence-electron chi connectivity index (χ2n) is 8.04. The minimum Gasteiger partial charge on any atom is -0.462 e. The van der Waals surface area contributed by atoms with Crippen LogP contribution in [-0.4, -0.2) is 42.6 Å². The lowest BCUT2D eigenvalue weighted by atomic mass is 9.90. The molecule has 1 aromatic heterocycles. The van der Waals surface area contributed by atoms with E-state index in [1.807, 2.05) is 60.7 Å². The number of fused-ring (bicyclic) bond motifs is 1. The van der Waals surface area contributed by atoms with E-state index < -0.39 is 11.9 Å². The van der Waals surface area contributed by atoms with Crippen molar-refractivity contribution >= 4 is 34.3 Å². The third-order valence-corrected chi connectivity index (χ3v) is 6.96. The second-order valence-corrected chi connectivity index (χ2v) is 9.15. The number of hydrogen-bond donors (Lipinski definition) is 1. The molecule has 8 heteroatoms. The number of nitrogens with one attached hydrogen (secondary N) is 1. The number of carbonyl (C=O) groups is 3. The minimum atomic E-state index is -0.553. The van der Waals surface area contributed by atoms with Gasteiger partial charge in [-0.2, -0.15) is 0 Å². The Balaban J connectivity index is 1.69. The molecular formula is C27H28N2O5S. The topological polar surface area (TPSA) is 84.9 Å². The molecule has 35 heavy (non-hydrogen) atoms. The van der Waals surface area contributed by atoms with Crippen molar-refractivity contribution in [2.45, 2.75) is 32.7 Å². The van der Waals surface area contributed by atoms with Gasteiger partial charge in [-0.15, -0.1) is 11.3 Å². The van der Waals surface area contributed by atoms with Crippen LogP contribution in [0.3, 0.4) is 0 Å². The number of anilines is 1. The number of amides is 2. The lowest BCUT2D eigenvalue weighted by Crippen LogP contribution is -2.36. The standard InChI is InChI=1S/C27H28N2O5S/c1-3-33-26(31)23-20-15-16-29(27(32)34-4-2)17-21(20)35-25(23)28-24(30)22(18-11-7-5-8-12-18)19-13-9-6-10-14-19/h5-14,22H,3-4,15-17H2,1-2H3,(H,28,30). The molecule has 2 aromatic carbocycles. The first-order chi connectivity index (χ1) is 17.0. The van der Waals surface area contributed by atoms with E-state index in [2.05, 4.69) is 5.32 Å². The SMILES string of the molecule is CCOC(=O)c1c(NC(=O)C(c2ccccc2)c2ccccc2)sc2c1CCN(C(=O)OCC)C2. The molecule has 1 aliphatic heterocycles. The van der Waals surface area contributed by atoms with E-state index in [9.17, 15) is 14.4 Å². The molecule has 0 fully saturated rings. The van der Waals surface area contributed by atoms with Crippen LogP contribution in [0.25, 0.3) is 0 Å². The normalized spacial score (nSPS) is 12.7. The number of thiophene rings is 1. The van der Waals surface area contributed by atoms with Gasteiger partial charge in [0.05, 0.1) is 31.2 Å². The first-order valence-corrected chi connectivity index (χ1v) is 12.5. The van der Waals surface area contributed by atoms with E-state index >= 15 is 0 Å². The molecule has 7 nitrogen and oxygen atoms in total. The fourth-order valence-electron chi connectivity index (χ4n) is 4.25. The Hall–Kier alpha value is -3.65. The summed E-state index contributed by atoms with van der Waals surface area (Å²) in [6, 6.07) is 19.1. The highest BCUT2D eigenvalue weighted by Crippen LogP contribution is 2.39. The molecule has 0 aliphatic carbocycles. The number of hydrogen-bond acceptors (Lipinski definition) is 6. The van der Waals surface area contributed by atoms with Crippen LogP contribution in [0.2, 0.25) is 0 Å². The van der Waals surface area contributed by atoms with Gasteiger partial charge in [0.25, 0.3) is 0 Å². The zero-order valence-electron chi connectivity index (χ0n) is 19.8. The summed E-state index contributed by atoms with van der Waals surface area (Å²) < 4.78 is 10.5. The van der Waals surface area contributed by atoms with Gasteiger partial charge in [-0.05, 0) is 37.0 Å². The molecule has 2 amide bonds. The maximum atomic E-state index is 13.7. The van der Waals surface area contributed by atoms with Crippen LogP contribution < -0.4 is 5.32 Å². The summed E-state index contributed by atoms with van der Waals surface area (Å²) in [5.41, 5.74) is 2.90. The maximum absolute atomic E-state index is 13.7. The molecule has 0 unspecified atom stereocenters. The van der Waals surface area contributed by atoms with Gasteiger partial charge in [-0.1, -0.05) is 60.7 Å². The van der Waals surface area contributed by atoms with Crippen LogP contribution >= 0.6 is 11.3 Å². The average Bonchev–Trinajstić information content (AvgIpc) is 3.22. The highest BCUT2D eigenvalue weighted by atomic mass is 32.1. The molecule has 3 aromatic rings. The molecule has 0 saturated heterocycles. The Morgan fingerprint density at radius 3 is 2.11 bits per heavy atom. The van der Waals surface area contributed by atoms with E-state index in [-0.39, 0.29) is 18.6 Å². The number of benzene rings is 2. The van der Waals surface area contributed by atoms with Crippen molar-refractivity contribution in [3.63, 3.8) is 0 Å². The summed E-state index contributed by atoms with van der Waals surface area (Å²) in [6.07, 6.45) is 0.0955. The van der Waals surface area contributed by atoms with Gasteiger partial charge in [0.1, 0.15) is 5.00 Å². The first-order valence-electron chi connectivity index (χ1n) is 11.7. The quantitative estimate of drug-likeness (QED) is 0.458. The van der Waals surface area contributed by atoms with Crippen LogP contribution in [0.15, 0.2) is 60.7 Å². The third-order valence-electron chi connectivity index (χ3n) is 5.83. The average molecular weight is 493 g/mol. The fraction of sp³-hybridized carbons (Fsp3) is 0.296. The molecule has 0 saturated carbocycles. The van der Waals surface area contributed by atoms with Crippen molar-refractivity contribution in [1.82, 2.24) is 4.90 Å². The van der Waals surface area contributed by atoms with Gasteiger partial charge in [0.2, 0.25) is 5.91 Å². The summed E-state index contributed by atoms with van der Waals surface area (Å²) in [4.78, 5) is 41.3. The number of rotatable bonds is 7. The van der Waals surface area contributed by atoms with Gasteiger partial charge in [0.15, 0.2) is 0 Å². The van der Waals surface area contributed by atoms with Crippen molar-refractivity contribution in [3.8, 4) is 0 Å². The van der Waals surface area contributed by atoms with Gasteiger partial charge >= 0.3 is 12.1 Å². The molecule has 0 atom stereocenters. The Morgan fingerprint density at radius 2 is 1.54 bits per heavy atom. The third kappa shape index (κ3) is 5.38. The largest absolute Gasteiger partial charge is 0.462 e. The maximum Gasteiger partial charge on any atom is 0.410 e. The van der Waals surface area contributed by atoms with E-state index in [0.717, 1.165) is 21.6 Å². The minimum absolute atomic E-state index is 0.225. The molecule has 1 N–H and O–H groups in total. The summed E-state index contributed by atoms with van der Waals surface area (Å²) in [5, 5.41) is 3.46. The van der Waals surface area contributed by atoms with E-state index in [1.165, 1.54) is 11.3 Å². The van der Waals surface area contributed by atoms with Crippen LogP contribution in [0.4, 0.5) is 9.80 Å². The van der Waals surface area contributed by atoms with Gasteiger partial charge in [-0.25, -0.2) is 9.59 Å². The second kappa shape index (κ2) is 11.2. The van der Waals surface area contributed by atoms with Gasteiger partial charge in [0, 0.05) is 11.4 Å². The summed E-state index contributed by atoms with van der Waals surface area (Å²) in [5.74, 6) is -1.27. The zero-order chi connectivity index (χ0) is 24.8.